The molecule has 5 heteroatoms. The molecule has 0 radical (unpaired) electrons. The summed E-state index contributed by atoms with van der Waals surface area (Å²) < 4.78 is 5.29. The number of aldehydes is 1. The lowest BCUT2D eigenvalue weighted by Gasteiger charge is -2.44. The van der Waals surface area contributed by atoms with Gasteiger partial charge in [0.15, 0.2) is 17.8 Å². The maximum Gasteiger partial charge on any atom is 0.204 e. The van der Waals surface area contributed by atoms with Crippen molar-refractivity contribution >= 4 is 6.29 Å². The Morgan fingerprint density at radius 2 is 1.76 bits per heavy atom. The van der Waals surface area contributed by atoms with E-state index in [4.69, 9.17) is 4.74 Å². The molecule has 3 saturated carbocycles. The number of ether oxygens (including phenoxy) is 1. The van der Waals surface area contributed by atoms with Crippen molar-refractivity contribution < 1.29 is 24.9 Å². The Kier molecular flexibility index (Phi) is 5.78. The summed E-state index contributed by atoms with van der Waals surface area (Å²) in [5.41, 5.74) is 1.55. The zero-order valence-electron chi connectivity index (χ0n) is 20.9. The molecule has 6 atom stereocenters. The van der Waals surface area contributed by atoms with Crippen LogP contribution < -0.4 is 4.74 Å². The Bertz CT molecular complexity index is 977. The molecule has 0 aromatic heterocycles. The summed E-state index contributed by atoms with van der Waals surface area (Å²) in [5, 5.41) is 32.9. The smallest absolute Gasteiger partial charge is 0.204 e. The normalized spacial score (nSPS) is 33.2. The Morgan fingerprint density at radius 1 is 1.09 bits per heavy atom. The van der Waals surface area contributed by atoms with Gasteiger partial charge in [0, 0.05) is 5.56 Å². The third-order valence-corrected chi connectivity index (χ3v) is 9.64. The molecular formula is C28H40O5. The van der Waals surface area contributed by atoms with E-state index in [1.807, 2.05) is 0 Å². The highest BCUT2D eigenvalue weighted by Crippen LogP contribution is 2.75. The van der Waals surface area contributed by atoms with Crippen LogP contribution in [-0.2, 0) is 0 Å². The van der Waals surface area contributed by atoms with Crippen molar-refractivity contribution in [2.24, 2.45) is 40.4 Å². The lowest BCUT2D eigenvalue weighted by atomic mass is 9.60. The highest BCUT2D eigenvalue weighted by molar-refractivity contribution is 5.88. The molecule has 3 aliphatic rings. The zero-order chi connectivity index (χ0) is 24.5. The minimum Gasteiger partial charge on any atom is -0.507 e. The second-order valence-corrected chi connectivity index (χ2v) is 12.0. The molecule has 3 N–H and O–H groups in total. The summed E-state index contributed by atoms with van der Waals surface area (Å²) in [6.45, 7) is 15.8. The number of fused-ring (bicyclic) bond motifs is 3. The highest BCUT2D eigenvalue weighted by Gasteiger charge is 2.68. The van der Waals surface area contributed by atoms with E-state index in [0.29, 0.717) is 41.4 Å². The van der Waals surface area contributed by atoms with Gasteiger partial charge in [-0.15, -0.1) is 0 Å². The minimum absolute atomic E-state index is 0.147. The van der Waals surface area contributed by atoms with Crippen molar-refractivity contribution in [3.8, 4) is 23.0 Å². The average Bonchev–Trinajstić information content (AvgIpc) is 3.16. The summed E-state index contributed by atoms with van der Waals surface area (Å²) >= 11 is 0. The van der Waals surface area contributed by atoms with Gasteiger partial charge in [-0.25, -0.2) is 0 Å². The number of benzene rings is 1. The molecule has 33 heavy (non-hydrogen) atoms. The number of allylic oxidation sites excluding steroid dienone is 1. The van der Waals surface area contributed by atoms with Crippen molar-refractivity contribution in [1.29, 1.82) is 0 Å². The summed E-state index contributed by atoms with van der Waals surface area (Å²) in [6.07, 6.45) is 5.48. The monoisotopic (exact) mass is 456 g/mol. The second-order valence-electron chi connectivity index (χ2n) is 12.0. The van der Waals surface area contributed by atoms with Crippen LogP contribution in [-0.4, -0.2) is 28.7 Å². The molecule has 1 unspecified atom stereocenters. The number of aromatic hydroxyl groups is 3. The number of phenols is 3. The van der Waals surface area contributed by atoms with Crippen molar-refractivity contribution in [3.05, 3.63) is 23.3 Å². The van der Waals surface area contributed by atoms with Gasteiger partial charge in [-0.3, -0.25) is 4.79 Å². The van der Waals surface area contributed by atoms with Crippen LogP contribution in [0.25, 0.3) is 0 Å². The molecule has 0 heterocycles. The maximum atomic E-state index is 11.8. The fraction of sp³-hybridized carbons (Fsp3) is 0.679. The third kappa shape index (κ3) is 3.37. The first kappa shape index (κ1) is 24.0. The van der Waals surface area contributed by atoms with Crippen molar-refractivity contribution in [3.63, 3.8) is 0 Å². The largest absolute Gasteiger partial charge is 0.507 e. The lowest BCUT2D eigenvalue weighted by molar-refractivity contribution is 0.106. The van der Waals surface area contributed by atoms with Crippen LogP contribution >= 0.6 is 0 Å². The van der Waals surface area contributed by atoms with Gasteiger partial charge in [-0.05, 0) is 78.4 Å². The van der Waals surface area contributed by atoms with Gasteiger partial charge in [-0.2, -0.15) is 0 Å². The molecule has 5 nitrogen and oxygen atoms in total. The molecule has 0 aliphatic heterocycles. The summed E-state index contributed by atoms with van der Waals surface area (Å²) in [6, 6.07) is 0. The van der Waals surface area contributed by atoms with Gasteiger partial charge in [0.2, 0.25) is 5.75 Å². The van der Waals surface area contributed by atoms with Crippen LogP contribution in [0.1, 0.15) is 88.6 Å². The average molecular weight is 457 g/mol. The standard InChI is InChI=1S/C28H40O5/c1-14(2)12-19(20-23(30)17(13-29)24(31)26(33-7)25(20)32)28(6)11-10-16-15(3)8-9-18-22(21(16)28)27(18,4)5/h13-14,16,18-19,21-22,30-32H,3,8-12H2,1-2,4-7H3/t16-,18?,19-,21+,22+,28-/m0/s1. The predicted molar refractivity (Wildman–Crippen MR) is 129 cm³/mol. The van der Waals surface area contributed by atoms with E-state index in [1.54, 1.807) is 0 Å². The van der Waals surface area contributed by atoms with E-state index in [0.717, 1.165) is 25.7 Å². The number of carbonyl (C=O) groups excluding carboxylic acids is 1. The fourth-order valence-corrected chi connectivity index (χ4v) is 7.92. The third-order valence-electron chi connectivity index (χ3n) is 9.64. The predicted octanol–water partition coefficient (Wildman–Crippen LogP) is 6.41. The van der Waals surface area contributed by atoms with E-state index < -0.39 is 5.75 Å². The summed E-state index contributed by atoms with van der Waals surface area (Å²) in [5.74, 6) is 0.959. The fourth-order valence-electron chi connectivity index (χ4n) is 7.92. The molecule has 182 valence electrons. The number of carbonyl (C=O) groups is 1. The zero-order valence-corrected chi connectivity index (χ0v) is 20.9. The van der Waals surface area contributed by atoms with Gasteiger partial charge in [0.05, 0.1) is 7.11 Å². The Hall–Kier alpha value is -2.17. The van der Waals surface area contributed by atoms with Crippen LogP contribution in [0.2, 0.25) is 0 Å². The quantitative estimate of drug-likeness (QED) is 0.340. The maximum absolute atomic E-state index is 11.8. The molecule has 1 aromatic carbocycles. The topological polar surface area (TPSA) is 87.0 Å². The van der Waals surface area contributed by atoms with E-state index in [2.05, 4.69) is 41.2 Å². The summed E-state index contributed by atoms with van der Waals surface area (Å²) in [4.78, 5) is 11.8. The molecule has 0 saturated heterocycles. The van der Waals surface area contributed by atoms with Crippen LogP contribution in [0.3, 0.4) is 0 Å². The number of hydrogen-bond donors (Lipinski definition) is 3. The molecule has 3 aliphatic carbocycles. The lowest BCUT2D eigenvalue weighted by Crippen LogP contribution is -2.35. The van der Waals surface area contributed by atoms with E-state index in [9.17, 15) is 20.1 Å². The van der Waals surface area contributed by atoms with Gasteiger partial charge in [-0.1, -0.05) is 46.8 Å². The molecule has 0 spiro atoms. The Morgan fingerprint density at radius 3 is 2.33 bits per heavy atom. The van der Waals surface area contributed by atoms with Crippen LogP contribution in [0.5, 0.6) is 23.0 Å². The van der Waals surface area contributed by atoms with Crippen molar-refractivity contribution in [2.45, 2.75) is 72.6 Å². The highest BCUT2D eigenvalue weighted by atomic mass is 16.5. The van der Waals surface area contributed by atoms with Crippen LogP contribution in [0, 0.1) is 40.4 Å². The second kappa shape index (κ2) is 7.95. The van der Waals surface area contributed by atoms with Gasteiger partial charge >= 0.3 is 0 Å². The van der Waals surface area contributed by atoms with E-state index in [-0.39, 0.29) is 39.6 Å². The first-order valence-corrected chi connectivity index (χ1v) is 12.4. The van der Waals surface area contributed by atoms with E-state index >= 15 is 0 Å². The minimum atomic E-state index is -0.518. The SMILES string of the molecule is C=C1CCC2[C@H]([C@H]3[C@H]1CC[C@@]3(C)[C@@H](CC(C)C)c1c(O)c(C=O)c(O)c(OC)c1O)C2(C)C. The Labute approximate surface area is 197 Å². The molecule has 3 fully saturated rings. The number of hydrogen-bond acceptors (Lipinski definition) is 5. The molecule has 0 bridgehead atoms. The van der Waals surface area contributed by atoms with Crippen molar-refractivity contribution in [1.82, 2.24) is 0 Å². The van der Waals surface area contributed by atoms with E-state index in [1.165, 1.54) is 19.1 Å². The first-order chi connectivity index (χ1) is 15.4. The molecule has 0 amide bonds. The Balaban J connectivity index is 1.92. The first-order valence-electron chi connectivity index (χ1n) is 12.4. The van der Waals surface area contributed by atoms with Gasteiger partial charge in [0.1, 0.15) is 11.3 Å². The van der Waals surface area contributed by atoms with Crippen LogP contribution in [0.4, 0.5) is 0 Å². The van der Waals surface area contributed by atoms with Gasteiger partial charge in [0.25, 0.3) is 0 Å². The molecule has 1 aromatic rings. The number of rotatable bonds is 6. The van der Waals surface area contributed by atoms with Crippen molar-refractivity contribution in [2.75, 3.05) is 7.11 Å². The number of phenolic OH excluding ortho intramolecular Hbond substituents is 3. The summed E-state index contributed by atoms with van der Waals surface area (Å²) in [7, 11) is 1.35. The number of methoxy groups -OCH3 is 1. The molecule has 4 rings (SSSR count). The van der Waals surface area contributed by atoms with Gasteiger partial charge < -0.3 is 20.1 Å². The molecular weight excluding hydrogens is 416 g/mol. The van der Waals surface area contributed by atoms with Crippen LogP contribution in [0.15, 0.2) is 12.2 Å².